The summed E-state index contributed by atoms with van der Waals surface area (Å²) >= 11 is 0. The van der Waals surface area contributed by atoms with Crippen LogP contribution in [0.5, 0.6) is 17.4 Å². The molecule has 0 amide bonds. The van der Waals surface area contributed by atoms with E-state index in [1.54, 1.807) is 24.1 Å². The second-order valence-corrected chi connectivity index (χ2v) is 8.40. The zero-order chi connectivity index (χ0) is 23.4. The summed E-state index contributed by atoms with van der Waals surface area (Å²) in [5.41, 5.74) is 4.40. The monoisotopic (exact) mass is 457 g/mol. The van der Waals surface area contributed by atoms with Crippen LogP contribution in [0.2, 0.25) is 0 Å². The minimum Gasteiger partial charge on any atom is -0.497 e. The fourth-order valence-corrected chi connectivity index (χ4v) is 4.79. The first-order chi connectivity index (χ1) is 17.3. The molecule has 1 unspecified atom stereocenters. The van der Waals surface area contributed by atoms with Gasteiger partial charge >= 0.3 is 0 Å². The molecule has 0 saturated heterocycles. The Morgan fingerprint density at radius 3 is 2.57 bits per heavy atom. The van der Waals surface area contributed by atoms with E-state index in [0.29, 0.717) is 23.0 Å². The normalized spacial score (nSPS) is 14.4. The van der Waals surface area contributed by atoms with Gasteiger partial charge in [-0.3, -0.25) is 4.98 Å². The van der Waals surface area contributed by atoms with Crippen molar-refractivity contribution in [1.82, 2.24) is 24.6 Å². The third-order valence-corrected chi connectivity index (χ3v) is 6.44. The van der Waals surface area contributed by atoms with Gasteiger partial charge in [0, 0.05) is 23.1 Å². The SMILES string of the molecule is COc1ccc(C2c3ccc4ccccc4c3Oc3ncn4nc(-c5ccccn5)nc4c32)cc1. The molecule has 1 atom stereocenters. The Bertz CT molecular complexity index is 1710. The first-order valence-electron chi connectivity index (χ1n) is 11.3. The number of rotatable bonds is 3. The summed E-state index contributed by atoms with van der Waals surface area (Å²) in [4.78, 5) is 14.0. The fraction of sp³-hybridized carbons (Fsp3) is 0.0714. The van der Waals surface area contributed by atoms with Gasteiger partial charge in [-0.1, -0.05) is 54.6 Å². The summed E-state index contributed by atoms with van der Waals surface area (Å²) in [7, 11) is 1.67. The van der Waals surface area contributed by atoms with Gasteiger partial charge in [0.15, 0.2) is 5.65 Å². The summed E-state index contributed by atoms with van der Waals surface area (Å²) < 4.78 is 13.6. The summed E-state index contributed by atoms with van der Waals surface area (Å²) in [6.07, 6.45) is 3.38. The predicted octanol–water partition coefficient (Wildman–Crippen LogP) is 5.63. The lowest BCUT2D eigenvalue weighted by Gasteiger charge is -2.28. The van der Waals surface area contributed by atoms with Gasteiger partial charge in [0.05, 0.1) is 12.7 Å². The summed E-state index contributed by atoms with van der Waals surface area (Å²) in [6.45, 7) is 0. The Morgan fingerprint density at radius 1 is 0.886 bits per heavy atom. The Kier molecular flexibility index (Phi) is 4.29. The first kappa shape index (κ1) is 19.7. The molecule has 0 bridgehead atoms. The fourth-order valence-electron chi connectivity index (χ4n) is 4.79. The molecule has 7 heteroatoms. The molecule has 3 aromatic heterocycles. The van der Waals surface area contributed by atoms with Crippen molar-refractivity contribution in [3.8, 4) is 28.9 Å². The summed E-state index contributed by atoms with van der Waals surface area (Å²) in [6, 6.07) is 26.3. The number of fused-ring (bicyclic) bond motifs is 6. The maximum Gasteiger partial charge on any atom is 0.228 e. The molecule has 0 saturated carbocycles. The van der Waals surface area contributed by atoms with E-state index in [1.807, 2.05) is 42.5 Å². The molecule has 0 spiro atoms. The highest BCUT2D eigenvalue weighted by Crippen LogP contribution is 2.50. The smallest absolute Gasteiger partial charge is 0.228 e. The van der Waals surface area contributed by atoms with Crippen molar-refractivity contribution in [2.24, 2.45) is 0 Å². The van der Waals surface area contributed by atoms with Gasteiger partial charge in [-0.25, -0.2) is 14.5 Å². The van der Waals surface area contributed by atoms with Crippen LogP contribution in [0.15, 0.2) is 91.4 Å². The van der Waals surface area contributed by atoms with E-state index in [2.05, 4.69) is 51.5 Å². The third kappa shape index (κ3) is 3.05. The van der Waals surface area contributed by atoms with Crippen LogP contribution in [0.4, 0.5) is 0 Å². The second-order valence-electron chi connectivity index (χ2n) is 8.40. The van der Waals surface area contributed by atoms with Crippen molar-refractivity contribution in [3.05, 3.63) is 108 Å². The van der Waals surface area contributed by atoms with Crippen LogP contribution in [0.3, 0.4) is 0 Å². The second kappa shape index (κ2) is 7.63. The number of aromatic nitrogens is 5. The minimum atomic E-state index is -0.152. The Labute approximate surface area is 200 Å². The van der Waals surface area contributed by atoms with Crippen LogP contribution in [0.25, 0.3) is 27.9 Å². The summed E-state index contributed by atoms with van der Waals surface area (Å²) in [5, 5.41) is 6.82. The lowest BCUT2D eigenvalue weighted by molar-refractivity contribution is 0.414. The maximum atomic E-state index is 6.48. The van der Waals surface area contributed by atoms with Gasteiger partial charge in [-0.2, -0.15) is 0 Å². The van der Waals surface area contributed by atoms with Gasteiger partial charge in [0.2, 0.25) is 11.7 Å². The Morgan fingerprint density at radius 2 is 1.74 bits per heavy atom. The van der Waals surface area contributed by atoms with Crippen LogP contribution in [0, 0.1) is 0 Å². The van der Waals surface area contributed by atoms with Gasteiger partial charge in [0.25, 0.3) is 0 Å². The zero-order valence-corrected chi connectivity index (χ0v) is 18.8. The number of pyridine rings is 1. The van der Waals surface area contributed by atoms with Crippen LogP contribution in [-0.2, 0) is 0 Å². The third-order valence-electron chi connectivity index (χ3n) is 6.44. The molecular formula is C28H19N5O2. The van der Waals surface area contributed by atoms with E-state index in [-0.39, 0.29) is 5.92 Å². The average Bonchev–Trinajstić information content (AvgIpc) is 3.37. The molecule has 3 aromatic carbocycles. The average molecular weight is 457 g/mol. The van der Waals surface area contributed by atoms with Crippen LogP contribution < -0.4 is 9.47 Å². The molecule has 168 valence electrons. The number of ether oxygens (including phenoxy) is 2. The molecule has 6 aromatic rings. The zero-order valence-electron chi connectivity index (χ0n) is 18.8. The van der Waals surface area contributed by atoms with E-state index in [0.717, 1.165) is 39.0 Å². The van der Waals surface area contributed by atoms with Gasteiger partial charge in [-0.15, -0.1) is 5.10 Å². The lowest BCUT2D eigenvalue weighted by Crippen LogP contribution is -2.15. The minimum absolute atomic E-state index is 0.152. The van der Waals surface area contributed by atoms with Crippen molar-refractivity contribution in [2.45, 2.75) is 5.92 Å². The molecule has 35 heavy (non-hydrogen) atoms. The number of hydrogen-bond acceptors (Lipinski definition) is 6. The number of hydrogen-bond donors (Lipinski definition) is 0. The Hall–Kier alpha value is -4.78. The largest absolute Gasteiger partial charge is 0.497 e. The van der Waals surface area contributed by atoms with Crippen molar-refractivity contribution >= 4 is 16.4 Å². The van der Waals surface area contributed by atoms with Crippen LogP contribution in [-0.4, -0.2) is 31.7 Å². The summed E-state index contributed by atoms with van der Waals surface area (Å²) in [5.74, 6) is 2.54. The van der Waals surface area contributed by atoms with Gasteiger partial charge in [-0.05, 0) is 35.2 Å². The highest BCUT2D eigenvalue weighted by Gasteiger charge is 2.34. The molecule has 7 nitrogen and oxygen atoms in total. The molecule has 4 heterocycles. The Balaban J connectivity index is 1.51. The molecule has 1 aliphatic heterocycles. The molecule has 0 N–H and O–H groups in total. The standard InChI is InChI=1S/C28H19N5O2/c1-34-19-12-9-18(10-13-19)23-21-14-11-17-6-2-3-7-20(17)25(21)35-28-24(23)27-31-26(32-33(27)16-30-28)22-8-4-5-15-29-22/h2-16,23H,1H3. The van der Waals surface area contributed by atoms with E-state index in [4.69, 9.17) is 14.5 Å². The number of methoxy groups -OCH3 is 1. The number of benzene rings is 3. The van der Waals surface area contributed by atoms with E-state index >= 15 is 0 Å². The molecule has 0 aliphatic carbocycles. The van der Waals surface area contributed by atoms with Gasteiger partial charge < -0.3 is 9.47 Å². The molecule has 0 fully saturated rings. The molecule has 7 rings (SSSR count). The predicted molar refractivity (Wildman–Crippen MR) is 132 cm³/mol. The quantitative estimate of drug-likeness (QED) is 0.342. The van der Waals surface area contributed by atoms with Crippen molar-refractivity contribution in [3.63, 3.8) is 0 Å². The first-order valence-corrected chi connectivity index (χ1v) is 11.3. The van der Waals surface area contributed by atoms with Gasteiger partial charge in [0.1, 0.15) is 23.5 Å². The maximum absolute atomic E-state index is 6.48. The number of nitrogens with zero attached hydrogens (tertiary/aromatic N) is 5. The van der Waals surface area contributed by atoms with Crippen molar-refractivity contribution < 1.29 is 9.47 Å². The van der Waals surface area contributed by atoms with E-state index in [9.17, 15) is 0 Å². The van der Waals surface area contributed by atoms with Crippen LogP contribution in [0.1, 0.15) is 22.6 Å². The highest BCUT2D eigenvalue weighted by molar-refractivity contribution is 5.91. The van der Waals surface area contributed by atoms with Crippen molar-refractivity contribution in [1.29, 1.82) is 0 Å². The molecular weight excluding hydrogens is 438 g/mol. The highest BCUT2D eigenvalue weighted by atomic mass is 16.5. The lowest BCUT2D eigenvalue weighted by atomic mass is 9.83. The van der Waals surface area contributed by atoms with E-state index < -0.39 is 0 Å². The molecule has 0 radical (unpaired) electrons. The van der Waals surface area contributed by atoms with Crippen molar-refractivity contribution in [2.75, 3.05) is 7.11 Å². The van der Waals surface area contributed by atoms with E-state index in [1.165, 1.54) is 0 Å². The van der Waals surface area contributed by atoms with Crippen LogP contribution >= 0.6 is 0 Å². The molecule has 1 aliphatic rings. The topological polar surface area (TPSA) is 74.4 Å².